The topological polar surface area (TPSA) is 69.7 Å². The second kappa shape index (κ2) is 6.47. The molecule has 110 valence electrons. The lowest BCUT2D eigenvalue weighted by molar-refractivity contribution is -0.155. The van der Waals surface area contributed by atoms with Gasteiger partial charge in [0.05, 0.1) is 0 Å². The Morgan fingerprint density at radius 3 is 1.37 bits per heavy atom. The molecule has 0 N–H and O–H groups in total. The van der Waals surface area contributed by atoms with Crippen molar-refractivity contribution < 1.29 is 23.2 Å². The third-order valence-electron chi connectivity index (χ3n) is 1.96. The summed E-state index contributed by atoms with van der Waals surface area (Å²) in [7, 11) is -4.29. The Morgan fingerprint density at radius 1 is 0.842 bits per heavy atom. The number of hydrogen-bond donors (Lipinski definition) is 0. The SMILES string of the molecule is CCC(=O)C(C(=O)O[Si](C)(C)C)C(=O)O[Si](C)(C)C. The molecule has 0 atom stereocenters. The fourth-order valence-electron chi connectivity index (χ4n) is 1.28. The number of carbonyl (C=O) groups is 3. The second-order valence-electron chi connectivity index (χ2n) is 6.32. The molecule has 0 aromatic rings. The van der Waals surface area contributed by atoms with E-state index in [1.54, 1.807) is 6.92 Å². The van der Waals surface area contributed by atoms with Gasteiger partial charge in [-0.05, 0) is 39.3 Å². The van der Waals surface area contributed by atoms with E-state index in [1.807, 2.05) is 39.3 Å². The third-order valence-corrected chi connectivity index (χ3v) is 3.58. The van der Waals surface area contributed by atoms with E-state index in [9.17, 15) is 14.4 Å². The van der Waals surface area contributed by atoms with Crippen molar-refractivity contribution in [2.24, 2.45) is 5.92 Å². The third kappa shape index (κ3) is 7.26. The zero-order valence-electron chi connectivity index (χ0n) is 12.8. The molecule has 0 rings (SSSR count). The molecule has 19 heavy (non-hydrogen) atoms. The Morgan fingerprint density at radius 2 is 1.16 bits per heavy atom. The van der Waals surface area contributed by atoms with Gasteiger partial charge in [-0.25, -0.2) is 0 Å². The van der Waals surface area contributed by atoms with Gasteiger partial charge in [-0.1, -0.05) is 6.92 Å². The zero-order valence-corrected chi connectivity index (χ0v) is 14.8. The van der Waals surface area contributed by atoms with Gasteiger partial charge in [-0.15, -0.1) is 0 Å². The molecule has 0 unspecified atom stereocenters. The molecule has 0 aliphatic carbocycles. The Kier molecular flexibility index (Phi) is 6.14. The van der Waals surface area contributed by atoms with Crippen LogP contribution in [0, 0.1) is 5.92 Å². The number of carbonyl (C=O) groups excluding carboxylic acids is 3. The monoisotopic (exact) mass is 304 g/mol. The Balaban J connectivity index is 5.08. The van der Waals surface area contributed by atoms with Gasteiger partial charge in [-0.3, -0.25) is 14.4 Å². The summed E-state index contributed by atoms with van der Waals surface area (Å²) in [5, 5.41) is 0. The first kappa shape index (κ1) is 18.0. The molecular weight excluding hydrogens is 280 g/mol. The van der Waals surface area contributed by atoms with Crippen LogP contribution < -0.4 is 0 Å². The summed E-state index contributed by atoms with van der Waals surface area (Å²) in [5.74, 6) is -3.42. The molecule has 7 heteroatoms. The standard InChI is InChI=1S/C12H24O5Si2/c1-8-9(13)10(11(14)16-18(2,3)4)12(15)17-19(5,6)7/h10H,8H2,1-7H3. The normalized spacial score (nSPS) is 12.2. The lowest BCUT2D eigenvalue weighted by Crippen LogP contribution is -2.43. The van der Waals surface area contributed by atoms with Gasteiger partial charge in [0.15, 0.2) is 5.78 Å². The van der Waals surface area contributed by atoms with Gasteiger partial charge in [0.25, 0.3) is 0 Å². The predicted octanol–water partition coefficient (Wildman–Crippen LogP) is 2.34. The maximum absolute atomic E-state index is 12.0. The Hall–Kier alpha value is -0.956. The van der Waals surface area contributed by atoms with Gasteiger partial charge in [0.1, 0.15) is 0 Å². The molecule has 0 saturated heterocycles. The molecule has 0 heterocycles. The van der Waals surface area contributed by atoms with Gasteiger partial charge in [-0.2, -0.15) is 0 Å². The first-order valence-corrected chi connectivity index (χ1v) is 13.2. The average molecular weight is 304 g/mol. The minimum Gasteiger partial charge on any atom is -0.519 e. The van der Waals surface area contributed by atoms with E-state index in [-0.39, 0.29) is 6.42 Å². The van der Waals surface area contributed by atoms with Crippen molar-refractivity contribution in [1.29, 1.82) is 0 Å². The van der Waals surface area contributed by atoms with Crippen molar-refractivity contribution >= 4 is 34.4 Å². The molecule has 5 nitrogen and oxygen atoms in total. The van der Waals surface area contributed by atoms with Gasteiger partial charge in [0.2, 0.25) is 22.6 Å². The van der Waals surface area contributed by atoms with Crippen LogP contribution in [0.5, 0.6) is 0 Å². The van der Waals surface area contributed by atoms with E-state index in [1.165, 1.54) is 0 Å². The lowest BCUT2D eigenvalue weighted by atomic mass is 10.0. The summed E-state index contributed by atoms with van der Waals surface area (Å²) in [4.78, 5) is 35.8. The van der Waals surface area contributed by atoms with Gasteiger partial charge >= 0.3 is 11.9 Å². The van der Waals surface area contributed by atoms with E-state index in [0.717, 1.165) is 0 Å². The Labute approximate surface area is 116 Å². The molecule has 0 aliphatic rings. The van der Waals surface area contributed by atoms with Crippen molar-refractivity contribution in [1.82, 2.24) is 0 Å². The maximum Gasteiger partial charge on any atom is 0.314 e. The van der Waals surface area contributed by atoms with E-state index < -0.39 is 40.3 Å². The minimum atomic E-state index is -2.14. The highest BCUT2D eigenvalue weighted by molar-refractivity contribution is 6.72. The highest BCUT2D eigenvalue weighted by atomic mass is 28.4. The number of rotatable bonds is 6. The highest BCUT2D eigenvalue weighted by Gasteiger charge is 2.39. The van der Waals surface area contributed by atoms with Gasteiger partial charge in [0, 0.05) is 6.42 Å². The molecule has 0 aromatic carbocycles. The number of hydrogen-bond acceptors (Lipinski definition) is 5. The average Bonchev–Trinajstić information content (AvgIpc) is 2.11. The summed E-state index contributed by atoms with van der Waals surface area (Å²) in [5.41, 5.74) is 0. The first-order chi connectivity index (χ1) is 8.37. The molecule has 0 aromatic heterocycles. The van der Waals surface area contributed by atoms with Crippen LogP contribution in [0.15, 0.2) is 0 Å². The molecular formula is C12H24O5Si2. The number of Topliss-reactive ketones (excluding diaryl/α,β-unsaturated/α-hetero) is 1. The van der Waals surface area contributed by atoms with E-state index in [4.69, 9.17) is 8.85 Å². The highest BCUT2D eigenvalue weighted by Crippen LogP contribution is 2.15. The summed E-state index contributed by atoms with van der Waals surface area (Å²) in [6.07, 6.45) is 0.103. The smallest absolute Gasteiger partial charge is 0.314 e. The van der Waals surface area contributed by atoms with Crippen LogP contribution in [0.25, 0.3) is 0 Å². The van der Waals surface area contributed by atoms with Crippen molar-refractivity contribution in [3.63, 3.8) is 0 Å². The van der Waals surface area contributed by atoms with Crippen LogP contribution in [-0.4, -0.2) is 34.4 Å². The van der Waals surface area contributed by atoms with Crippen LogP contribution in [0.3, 0.4) is 0 Å². The van der Waals surface area contributed by atoms with Gasteiger partial charge < -0.3 is 8.85 Å². The lowest BCUT2D eigenvalue weighted by Gasteiger charge is -2.24. The molecule has 0 aliphatic heterocycles. The van der Waals surface area contributed by atoms with Crippen molar-refractivity contribution in [3.05, 3.63) is 0 Å². The second-order valence-corrected chi connectivity index (χ2v) is 15.2. The zero-order chi connectivity index (χ0) is 15.4. The van der Waals surface area contributed by atoms with Crippen LogP contribution in [0.1, 0.15) is 13.3 Å². The molecule has 0 spiro atoms. The predicted molar refractivity (Wildman–Crippen MR) is 77.7 cm³/mol. The van der Waals surface area contributed by atoms with Crippen molar-refractivity contribution in [2.45, 2.75) is 52.6 Å². The summed E-state index contributed by atoms with van der Waals surface area (Å²) >= 11 is 0. The summed E-state index contributed by atoms with van der Waals surface area (Å²) in [6.45, 7) is 12.5. The molecule has 0 saturated carbocycles. The quantitative estimate of drug-likeness (QED) is 0.556. The van der Waals surface area contributed by atoms with Crippen LogP contribution in [0.4, 0.5) is 0 Å². The van der Waals surface area contributed by atoms with Crippen LogP contribution in [0.2, 0.25) is 39.3 Å². The minimum absolute atomic E-state index is 0.103. The molecule has 0 amide bonds. The molecule has 0 fully saturated rings. The fourth-order valence-corrected chi connectivity index (χ4v) is 2.73. The van der Waals surface area contributed by atoms with Crippen LogP contribution >= 0.6 is 0 Å². The first-order valence-electron chi connectivity index (χ1n) is 6.36. The summed E-state index contributed by atoms with van der Waals surface area (Å²) < 4.78 is 10.5. The van der Waals surface area contributed by atoms with Crippen molar-refractivity contribution in [2.75, 3.05) is 0 Å². The van der Waals surface area contributed by atoms with Crippen LogP contribution in [-0.2, 0) is 23.2 Å². The largest absolute Gasteiger partial charge is 0.519 e. The van der Waals surface area contributed by atoms with E-state index in [2.05, 4.69) is 0 Å². The fraction of sp³-hybridized carbons (Fsp3) is 0.750. The molecule has 0 bridgehead atoms. The summed E-state index contributed by atoms with van der Waals surface area (Å²) in [6, 6.07) is 0. The number of ketones is 1. The van der Waals surface area contributed by atoms with E-state index >= 15 is 0 Å². The molecule has 0 radical (unpaired) electrons. The Bertz CT molecular complexity index is 337. The van der Waals surface area contributed by atoms with E-state index in [0.29, 0.717) is 0 Å². The van der Waals surface area contributed by atoms with Crippen molar-refractivity contribution in [3.8, 4) is 0 Å². The maximum atomic E-state index is 12.0.